The van der Waals surface area contributed by atoms with Crippen molar-refractivity contribution in [3.63, 3.8) is 0 Å². The molecule has 0 radical (unpaired) electrons. The van der Waals surface area contributed by atoms with Crippen molar-refractivity contribution in [1.82, 2.24) is 0 Å². The van der Waals surface area contributed by atoms with Gasteiger partial charge in [0.15, 0.2) is 0 Å². The van der Waals surface area contributed by atoms with Crippen molar-refractivity contribution in [2.24, 2.45) is 5.92 Å². The highest BCUT2D eigenvalue weighted by atomic mass is 35.5. The Labute approximate surface area is 86.5 Å². The van der Waals surface area contributed by atoms with Crippen LogP contribution >= 0.6 is 11.6 Å². The van der Waals surface area contributed by atoms with Crippen LogP contribution in [0.3, 0.4) is 0 Å². The van der Waals surface area contributed by atoms with Gasteiger partial charge in [0.1, 0.15) is 6.10 Å². The molecule has 0 N–H and O–H groups in total. The molecule has 0 spiro atoms. The summed E-state index contributed by atoms with van der Waals surface area (Å²) in [4.78, 5) is 25.4. The van der Waals surface area contributed by atoms with E-state index in [0.29, 0.717) is 6.42 Å². The van der Waals surface area contributed by atoms with E-state index in [4.69, 9.17) is 11.6 Å². The van der Waals surface area contributed by atoms with Crippen molar-refractivity contribution < 1.29 is 14.7 Å². The van der Waals surface area contributed by atoms with Crippen LogP contribution in [0.15, 0.2) is 0 Å². The van der Waals surface area contributed by atoms with Crippen LogP contribution in [0.25, 0.3) is 0 Å². The van der Waals surface area contributed by atoms with Gasteiger partial charge in [0.25, 0.3) is 5.09 Å². The summed E-state index contributed by atoms with van der Waals surface area (Å²) in [6.45, 7) is 0. The maximum absolute atomic E-state index is 10.7. The van der Waals surface area contributed by atoms with Crippen LogP contribution in [-0.4, -0.2) is 16.4 Å². The van der Waals surface area contributed by atoms with Crippen LogP contribution in [0.2, 0.25) is 0 Å². The summed E-state index contributed by atoms with van der Waals surface area (Å²) in [6.07, 6.45) is 3.01. The van der Waals surface area contributed by atoms with Crippen molar-refractivity contribution >= 4 is 16.8 Å². The van der Waals surface area contributed by atoms with Crippen molar-refractivity contribution in [2.75, 3.05) is 0 Å². The first-order valence-corrected chi connectivity index (χ1v) is 4.97. The van der Waals surface area contributed by atoms with Crippen molar-refractivity contribution in [2.45, 2.75) is 38.2 Å². The highest BCUT2D eigenvalue weighted by Gasteiger charge is 2.29. The standard InChI is InChI=1S/C8H12ClNO4/c9-8(11)5-6-3-1-2-4-7(6)14-10(12)13/h6-7H,1-5H2/t6-,7+/m0/s1. The molecule has 0 aromatic rings. The molecule has 0 saturated heterocycles. The van der Waals surface area contributed by atoms with E-state index in [9.17, 15) is 14.9 Å². The van der Waals surface area contributed by atoms with E-state index in [1.807, 2.05) is 0 Å². The van der Waals surface area contributed by atoms with Crippen molar-refractivity contribution in [3.8, 4) is 0 Å². The predicted molar refractivity (Wildman–Crippen MR) is 49.3 cm³/mol. The third-order valence-corrected chi connectivity index (χ3v) is 2.64. The maximum atomic E-state index is 10.7. The number of carbonyl (C=O) groups excluding carboxylic acids is 1. The summed E-state index contributed by atoms with van der Waals surface area (Å²) in [7, 11) is 0. The van der Waals surface area contributed by atoms with E-state index in [1.165, 1.54) is 0 Å². The predicted octanol–water partition coefficient (Wildman–Crippen LogP) is 1.91. The van der Waals surface area contributed by atoms with Crippen molar-refractivity contribution in [3.05, 3.63) is 10.1 Å². The lowest BCUT2D eigenvalue weighted by Gasteiger charge is -2.28. The van der Waals surface area contributed by atoms with Gasteiger partial charge in [-0.1, -0.05) is 12.8 Å². The largest absolute Gasteiger partial charge is 0.310 e. The van der Waals surface area contributed by atoms with Gasteiger partial charge < -0.3 is 4.84 Å². The molecule has 0 aromatic heterocycles. The number of rotatable bonds is 4. The Kier molecular flexibility index (Phi) is 4.13. The Morgan fingerprint density at radius 1 is 1.50 bits per heavy atom. The van der Waals surface area contributed by atoms with E-state index < -0.39 is 16.4 Å². The van der Waals surface area contributed by atoms with Gasteiger partial charge in [0.05, 0.1) is 0 Å². The molecule has 0 amide bonds. The van der Waals surface area contributed by atoms with Gasteiger partial charge in [-0.3, -0.25) is 4.79 Å². The van der Waals surface area contributed by atoms with E-state index in [0.717, 1.165) is 19.3 Å². The average Bonchev–Trinajstić information content (AvgIpc) is 2.06. The molecular formula is C8H12ClNO4. The Hall–Kier alpha value is -0.840. The van der Waals surface area contributed by atoms with E-state index >= 15 is 0 Å². The molecule has 1 rings (SSSR count). The van der Waals surface area contributed by atoms with Crippen LogP contribution in [0, 0.1) is 16.0 Å². The summed E-state index contributed by atoms with van der Waals surface area (Å²) in [6, 6.07) is 0. The molecule has 1 saturated carbocycles. The Balaban J connectivity index is 2.49. The smallest absolute Gasteiger partial charge is 0.294 e. The summed E-state index contributed by atoms with van der Waals surface area (Å²) >= 11 is 5.25. The molecule has 14 heavy (non-hydrogen) atoms. The molecule has 0 bridgehead atoms. The fourth-order valence-corrected chi connectivity index (χ4v) is 2.06. The number of hydrogen-bond donors (Lipinski definition) is 0. The Morgan fingerprint density at radius 2 is 2.14 bits per heavy atom. The van der Waals surface area contributed by atoms with Crippen LogP contribution in [0.4, 0.5) is 0 Å². The van der Waals surface area contributed by atoms with Gasteiger partial charge >= 0.3 is 0 Å². The summed E-state index contributed by atoms with van der Waals surface area (Å²) in [5.41, 5.74) is 0. The molecule has 0 heterocycles. The monoisotopic (exact) mass is 221 g/mol. The fraction of sp³-hybridized carbons (Fsp3) is 0.875. The number of nitrogens with zero attached hydrogens (tertiary/aromatic N) is 1. The zero-order valence-electron chi connectivity index (χ0n) is 7.65. The molecule has 2 atom stereocenters. The molecule has 0 unspecified atom stereocenters. The Morgan fingerprint density at radius 3 is 2.71 bits per heavy atom. The van der Waals surface area contributed by atoms with Crippen LogP contribution in [0.5, 0.6) is 0 Å². The molecule has 0 aliphatic heterocycles. The minimum Gasteiger partial charge on any atom is -0.310 e. The summed E-state index contributed by atoms with van der Waals surface area (Å²) in [5.74, 6) is -0.0980. The van der Waals surface area contributed by atoms with E-state index in [2.05, 4.69) is 4.84 Å². The van der Waals surface area contributed by atoms with E-state index in [-0.39, 0.29) is 12.3 Å². The van der Waals surface area contributed by atoms with Gasteiger partial charge in [0, 0.05) is 6.42 Å². The lowest BCUT2D eigenvalue weighted by atomic mass is 9.85. The quantitative estimate of drug-likeness (QED) is 0.413. The third kappa shape index (κ3) is 3.49. The lowest BCUT2D eigenvalue weighted by molar-refractivity contribution is -0.771. The molecule has 1 aliphatic carbocycles. The molecule has 5 nitrogen and oxygen atoms in total. The zero-order chi connectivity index (χ0) is 10.6. The van der Waals surface area contributed by atoms with Gasteiger partial charge in [0.2, 0.25) is 5.24 Å². The minimum absolute atomic E-state index is 0.0980. The first kappa shape index (κ1) is 11.2. The number of hydrogen-bond acceptors (Lipinski definition) is 4. The molecule has 80 valence electrons. The molecule has 1 fully saturated rings. The highest BCUT2D eigenvalue weighted by molar-refractivity contribution is 6.63. The first-order valence-electron chi connectivity index (χ1n) is 4.59. The molecule has 6 heteroatoms. The second kappa shape index (κ2) is 5.14. The molecule has 1 aliphatic rings. The molecule has 0 aromatic carbocycles. The zero-order valence-corrected chi connectivity index (χ0v) is 8.40. The van der Waals surface area contributed by atoms with Gasteiger partial charge in [-0.2, -0.15) is 0 Å². The first-order chi connectivity index (χ1) is 6.59. The Bertz CT molecular complexity index is 209. The van der Waals surface area contributed by atoms with Gasteiger partial charge in [-0.05, 0) is 30.4 Å². The highest BCUT2D eigenvalue weighted by Crippen LogP contribution is 2.29. The average molecular weight is 222 g/mol. The second-order valence-electron chi connectivity index (χ2n) is 3.47. The van der Waals surface area contributed by atoms with Gasteiger partial charge in [-0.25, -0.2) is 0 Å². The number of halogens is 1. The maximum Gasteiger partial charge on any atom is 0.294 e. The summed E-state index contributed by atoms with van der Waals surface area (Å²) in [5, 5.41) is 8.92. The number of carbonyl (C=O) groups is 1. The topological polar surface area (TPSA) is 69.4 Å². The van der Waals surface area contributed by atoms with Crippen molar-refractivity contribution in [1.29, 1.82) is 0 Å². The fourth-order valence-electron chi connectivity index (χ4n) is 1.86. The summed E-state index contributed by atoms with van der Waals surface area (Å²) < 4.78 is 0. The molecular weight excluding hydrogens is 210 g/mol. The third-order valence-electron chi connectivity index (χ3n) is 2.48. The lowest BCUT2D eigenvalue weighted by Crippen LogP contribution is -2.30. The SMILES string of the molecule is O=C(Cl)C[C@@H]1CCCC[C@H]1O[N+](=O)[O-]. The van der Waals surface area contributed by atoms with Crippen LogP contribution in [0.1, 0.15) is 32.1 Å². The van der Waals surface area contributed by atoms with Crippen LogP contribution < -0.4 is 0 Å². The van der Waals surface area contributed by atoms with Gasteiger partial charge in [-0.15, -0.1) is 10.1 Å². The normalized spacial score (nSPS) is 26.9. The minimum atomic E-state index is -0.790. The van der Waals surface area contributed by atoms with E-state index in [1.54, 1.807) is 0 Å². The second-order valence-corrected chi connectivity index (χ2v) is 3.89. The van der Waals surface area contributed by atoms with Crippen LogP contribution in [-0.2, 0) is 9.63 Å².